The summed E-state index contributed by atoms with van der Waals surface area (Å²) in [6.45, 7) is 9.03. The standard InChI is InChI=1S/C19H27N3O/c1-13-9-15(12-21-19(2,3)4)18(23)16(10-13)14-7-8-17(20-11-14)22(5)6/h7-11,21,23H,12H2,1-6H3. The highest BCUT2D eigenvalue weighted by atomic mass is 16.3. The van der Waals surface area contributed by atoms with Crippen molar-refractivity contribution >= 4 is 5.82 Å². The van der Waals surface area contributed by atoms with Gasteiger partial charge in [0.15, 0.2) is 0 Å². The van der Waals surface area contributed by atoms with Gasteiger partial charge in [0.25, 0.3) is 0 Å². The number of aromatic hydroxyl groups is 1. The maximum Gasteiger partial charge on any atom is 0.127 e. The maximum atomic E-state index is 10.7. The summed E-state index contributed by atoms with van der Waals surface area (Å²) in [6, 6.07) is 7.99. The number of aryl methyl sites for hydroxylation is 1. The van der Waals surface area contributed by atoms with E-state index in [1.54, 1.807) is 0 Å². The van der Waals surface area contributed by atoms with Crippen molar-refractivity contribution in [2.24, 2.45) is 0 Å². The SMILES string of the molecule is Cc1cc(CNC(C)(C)C)c(O)c(-c2ccc(N(C)C)nc2)c1. The minimum absolute atomic E-state index is 0.00522. The van der Waals surface area contributed by atoms with E-state index in [2.05, 4.69) is 31.1 Å². The van der Waals surface area contributed by atoms with E-state index in [-0.39, 0.29) is 5.54 Å². The Morgan fingerprint density at radius 1 is 1.17 bits per heavy atom. The van der Waals surface area contributed by atoms with E-state index in [0.717, 1.165) is 28.1 Å². The Morgan fingerprint density at radius 3 is 2.39 bits per heavy atom. The van der Waals surface area contributed by atoms with Crippen LogP contribution in [-0.2, 0) is 6.54 Å². The second-order valence-corrected chi connectivity index (χ2v) is 7.22. The van der Waals surface area contributed by atoms with Gasteiger partial charge < -0.3 is 15.3 Å². The Morgan fingerprint density at radius 2 is 1.87 bits per heavy atom. The van der Waals surface area contributed by atoms with Gasteiger partial charge in [-0.3, -0.25) is 0 Å². The number of phenols is 1. The average Bonchev–Trinajstić information content (AvgIpc) is 2.47. The molecule has 0 saturated heterocycles. The Hall–Kier alpha value is -2.07. The molecule has 124 valence electrons. The van der Waals surface area contributed by atoms with Crippen LogP contribution in [-0.4, -0.2) is 29.7 Å². The fourth-order valence-electron chi connectivity index (χ4n) is 2.38. The van der Waals surface area contributed by atoms with Crippen LogP contribution in [0.1, 0.15) is 31.9 Å². The van der Waals surface area contributed by atoms with Gasteiger partial charge in [0.2, 0.25) is 0 Å². The summed E-state index contributed by atoms with van der Waals surface area (Å²) in [5.41, 5.74) is 3.79. The van der Waals surface area contributed by atoms with Gasteiger partial charge >= 0.3 is 0 Å². The van der Waals surface area contributed by atoms with Crippen LogP contribution in [0, 0.1) is 6.92 Å². The zero-order chi connectivity index (χ0) is 17.2. The molecule has 0 radical (unpaired) electrons. The molecule has 0 fully saturated rings. The first-order chi connectivity index (χ1) is 10.7. The average molecular weight is 313 g/mol. The zero-order valence-corrected chi connectivity index (χ0v) is 14.9. The van der Waals surface area contributed by atoms with Crippen LogP contribution in [0.4, 0.5) is 5.82 Å². The molecule has 0 spiro atoms. The number of hydrogen-bond acceptors (Lipinski definition) is 4. The maximum absolute atomic E-state index is 10.7. The van der Waals surface area contributed by atoms with Gasteiger partial charge in [-0.15, -0.1) is 0 Å². The van der Waals surface area contributed by atoms with Gasteiger partial charge in [0, 0.05) is 49.1 Å². The lowest BCUT2D eigenvalue weighted by Gasteiger charge is -2.22. The fourth-order valence-corrected chi connectivity index (χ4v) is 2.38. The third-order valence-corrected chi connectivity index (χ3v) is 3.66. The fraction of sp³-hybridized carbons (Fsp3) is 0.421. The minimum atomic E-state index is 0.00522. The summed E-state index contributed by atoms with van der Waals surface area (Å²) >= 11 is 0. The van der Waals surface area contributed by atoms with Crippen LogP contribution in [0.15, 0.2) is 30.5 Å². The molecule has 4 nitrogen and oxygen atoms in total. The molecule has 0 amide bonds. The van der Waals surface area contributed by atoms with E-state index in [1.807, 2.05) is 56.4 Å². The molecule has 4 heteroatoms. The summed E-state index contributed by atoms with van der Waals surface area (Å²) < 4.78 is 0. The quantitative estimate of drug-likeness (QED) is 0.903. The monoisotopic (exact) mass is 313 g/mol. The number of rotatable bonds is 4. The van der Waals surface area contributed by atoms with Crippen LogP contribution in [0.25, 0.3) is 11.1 Å². The molecule has 0 aliphatic rings. The van der Waals surface area contributed by atoms with Crippen molar-refractivity contribution in [2.45, 2.75) is 39.8 Å². The summed E-state index contributed by atoms with van der Waals surface area (Å²) in [7, 11) is 3.92. The number of pyridine rings is 1. The summed E-state index contributed by atoms with van der Waals surface area (Å²) in [5.74, 6) is 1.22. The second kappa shape index (κ2) is 6.59. The van der Waals surface area contributed by atoms with Crippen LogP contribution in [0.3, 0.4) is 0 Å². The number of benzene rings is 1. The predicted octanol–water partition coefficient (Wildman–Crippen LogP) is 3.72. The van der Waals surface area contributed by atoms with Gasteiger partial charge in [-0.25, -0.2) is 4.98 Å². The van der Waals surface area contributed by atoms with Gasteiger partial charge in [0.05, 0.1) is 0 Å². The highest BCUT2D eigenvalue weighted by Crippen LogP contribution is 2.34. The normalized spacial score (nSPS) is 11.6. The molecule has 0 unspecified atom stereocenters. The van der Waals surface area contributed by atoms with Crippen molar-refractivity contribution in [1.29, 1.82) is 0 Å². The molecule has 1 aromatic carbocycles. The highest BCUT2D eigenvalue weighted by Gasteiger charge is 2.14. The first-order valence-electron chi connectivity index (χ1n) is 7.88. The van der Waals surface area contributed by atoms with Gasteiger partial charge in [-0.2, -0.15) is 0 Å². The first-order valence-corrected chi connectivity index (χ1v) is 7.88. The highest BCUT2D eigenvalue weighted by molar-refractivity contribution is 5.72. The minimum Gasteiger partial charge on any atom is -0.507 e. The Labute approximate surface area is 139 Å². The van der Waals surface area contributed by atoms with E-state index < -0.39 is 0 Å². The van der Waals surface area contributed by atoms with Crippen molar-refractivity contribution in [3.05, 3.63) is 41.6 Å². The van der Waals surface area contributed by atoms with Gasteiger partial charge in [-0.05, 0) is 51.5 Å². The second-order valence-electron chi connectivity index (χ2n) is 7.22. The van der Waals surface area contributed by atoms with Crippen molar-refractivity contribution in [3.8, 4) is 16.9 Å². The topological polar surface area (TPSA) is 48.4 Å². The molecule has 0 atom stereocenters. The largest absolute Gasteiger partial charge is 0.507 e. The third kappa shape index (κ3) is 4.45. The summed E-state index contributed by atoms with van der Waals surface area (Å²) in [6.07, 6.45) is 1.81. The number of phenolic OH excluding ortho intramolecular Hbond substituents is 1. The Kier molecular flexibility index (Phi) is 4.95. The summed E-state index contributed by atoms with van der Waals surface area (Å²) in [4.78, 5) is 6.40. The zero-order valence-electron chi connectivity index (χ0n) is 14.9. The smallest absolute Gasteiger partial charge is 0.127 e. The predicted molar refractivity (Wildman–Crippen MR) is 97.0 cm³/mol. The van der Waals surface area contributed by atoms with Crippen molar-refractivity contribution < 1.29 is 5.11 Å². The molecule has 0 aliphatic heterocycles. The number of hydrogen-bond donors (Lipinski definition) is 2. The van der Waals surface area contributed by atoms with Crippen LogP contribution >= 0.6 is 0 Å². The van der Waals surface area contributed by atoms with Crippen molar-refractivity contribution in [2.75, 3.05) is 19.0 Å². The molecule has 0 saturated carbocycles. The molecule has 23 heavy (non-hydrogen) atoms. The third-order valence-electron chi connectivity index (χ3n) is 3.66. The number of anilines is 1. The molecular formula is C19H27N3O. The van der Waals surface area contributed by atoms with Crippen LogP contribution in [0.5, 0.6) is 5.75 Å². The molecular weight excluding hydrogens is 286 g/mol. The molecule has 0 bridgehead atoms. The number of aromatic nitrogens is 1. The van der Waals surface area contributed by atoms with E-state index in [1.165, 1.54) is 0 Å². The van der Waals surface area contributed by atoms with E-state index >= 15 is 0 Å². The lowest BCUT2D eigenvalue weighted by atomic mass is 9.99. The van der Waals surface area contributed by atoms with E-state index in [9.17, 15) is 5.11 Å². The van der Waals surface area contributed by atoms with E-state index in [0.29, 0.717) is 12.3 Å². The number of nitrogens with one attached hydrogen (secondary N) is 1. The van der Waals surface area contributed by atoms with Crippen molar-refractivity contribution in [3.63, 3.8) is 0 Å². The molecule has 1 aromatic heterocycles. The van der Waals surface area contributed by atoms with Crippen molar-refractivity contribution in [1.82, 2.24) is 10.3 Å². The number of nitrogens with zero attached hydrogens (tertiary/aromatic N) is 2. The van der Waals surface area contributed by atoms with E-state index in [4.69, 9.17) is 0 Å². The Balaban J connectivity index is 2.37. The summed E-state index contributed by atoms with van der Waals surface area (Å²) in [5, 5.41) is 14.1. The molecule has 2 aromatic rings. The molecule has 0 aliphatic carbocycles. The molecule has 1 heterocycles. The van der Waals surface area contributed by atoms with Gasteiger partial charge in [-0.1, -0.05) is 6.07 Å². The molecule has 2 N–H and O–H groups in total. The lowest BCUT2D eigenvalue weighted by molar-refractivity contribution is 0.412. The molecule has 2 rings (SSSR count). The van der Waals surface area contributed by atoms with Crippen LogP contribution in [0.2, 0.25) is 0 Å². The van der Waals surface area contributed by atoms with Crippen LogP contribution < -0.4 is 10.2 Å². The first kappa shape index (κ1) is 17.3. The lowest BCUT2D eigenvalue weighted by Crippen LogP contribution is -2.35. The Bertz CT molecular complexity index is 670. The van der Waals surface area contributed by atoms with Gasteiger partial charge in [0.1, 0.15) is 11.6 Å².